The molecule has 0 aliphatic carbocycles. The second-order valence-corrected chi connectivity index (χ2v) is 4.25. The number of hydrogen-bond donors (Lipinski definition) is 3. The van der Waals surface area contributed by atoms with Crippen LogP contribution in [0.4, 0.5) is 0 Å². The molecular weight excluding hydrogens is 192 g/mol. The predicted octanol–water partition coefficient (Wildman–Crippen LogP) is 0.639. The normalized spacial score (nSPS) is 13.7. The highest BCUT2D eigenvalue weighted by Crippen LogP contribution is 2.13. The minimum absolute atomic E-state index is 0.0340. The molecule has 0 saturated heterocycles. The molecule has 90 valence electrons. The van der Waals surface area contributed by atoms with Gasteiger partial charge in [0.15, 0.2) is 0 Å². The molecule has 0 fully saturated rings. The largest absolute Gasteiger partial charge is 0.388 e. The van der Waals surface area contributed by atoms with Crippen LogP contribution in [0.15, 0.2) is 0 Å². The number of amides is 1. The van der Waals surface area contributed by atoms with E-state index in [0.29, 0.717) is 32.4 Å². The molecule has 4 nitrogen and oxygen atoms in total. The van der Waals surface area contributed by atoms with E-state index < -0.39 is 5.60 Å². The van der Waals surface area contributed by atoms with E-state index in [4.69, 9.17) is 5.73 Å². The first-order valence-electron chi connectivity index (χ1n) is 5.66. The van der Waals surface area contributed by atoms with E-state index in [1.165, 1.54) is 0 Å². The zero-order valence-electron chi connectivity index (χ0n) is 10.0. The van der Waals surface area contributed by atoms with Crippen molar-refractivity contribution in [3.05, 3.63) is 0 Å². The topological polar surface area (TPSA) is 75.3 Å². The Morgan fingerprint density at radius 2 is 2.00 bits per heavy atom. The van der Waals surface area contributed by atoms with Crippen LogP contribution in [0.3, 0.4) is 0 Å². The van der Waals surface area contributed by atoms with Crippen LogP contribution in [-0.4, -0.2) is 29.7 Å². The fourth-order valence-electron chi connectivity index (χ4n) is 1.24. The Kier molecular flexibility index (Phi) is 6.52. The van der Waals surface area contributed by atoms with E-state index in [1.54, 1.807) is 0 Å². The molecule has 0 aromatic heterocycles. The molecule has 0 aromatic carbocycles. The van der Waals surface area contributed by atoms with E-state index in [1.807, 2.05) is 20.8 Å². The van der Waals surface area contributed by atoms with Gasteiger partial charge in [-0.2, -0.15) is 0 Å². The molecule has 0 radical (unpaired) electrons. The molecule has 0 spiro atoms. The van der Waals surface area contributed by atoms with E-state index in [-0.39, 0.29) is 11.8 Å². The molecule has 0 aliphatic heterocycles. The molecule has 0 rings (SSSR count). The maximum atomic E-state index is 11.4. The molecular formula is C11H24N2O2. The fraction of sp³-hybridized carbons (Fsp3) is 0.909. The van der Waals surface area contributed by atoms with Crippen molar-refractivity contribution in [1.29, 1.82) is 0 Å². The number of carbonyl (C=O) groups is 1. The van der Waals surface area contributed by atoms with E-state index in [2.05, 4.69) is 5.32 Å². The highest BCUT2D eigenvalue weighted by atomic mass is 16.3. The minimum Gasteiger partial charge on any atom is -0.388 e. The Labute approximate surface area is 92.2 Å². The van der Waals surface area contributed by atoms with Crippen LogP contribution >= 0.6 is 0 Å². The number of nitrogens with two attached hydrogens (primary N) is 1. The van der Waals surface area contributed by atoms with Gasteiger partial charge in [0.05, 0.1) is 5.60 Å². The van der Waals surface area contributed by atoms with Crippen LogP contribution in [0, 0.1) is 5.92 Å². The predicted molar refractivity (Wildman–Crippen MR) is 61.4 cm³/mol. The first-order valence-corrected chi connectivity index (χ1v) is 5.66. The first-order chi connectivity index (χ1) is 6.97. The molecule has 1 atom stereocenters. The van der Waals surface area contributed by atoms with Gasteiger partial charge >= 0.3 is 0 Å². The van der Waals surface area contributed by atoms with E-state index in [9.17, 15) is 9.90 Å². The number of aliphatic hydroxyl groups is 1. The van der Waals surface area contributed by atoms with Crippen LogP contribution < -0.4 is 11.1 Å². The van der Waals surface area contributed by atoms with Crippen LogP contribution in [0.25, 0.3) is 0 Å². The lowest BCUT2D eigenvalue weighted by Crippen LogP contribution is -2.42. The lowest BCUT2D eigenvalue weighted by Gasteiger charge is -2.25. The van der Waals surface area contributed by atoms with Gasteiger partial charge in [-0.3, -0.25) is 4.79 Å². The van der Waals surface area contributed by atoms with Gasteiger partial charge in [-0.25, -0.2) is 0 Å². The highest BCUT2D eigenvalue weighted by molar-refractivity contribution is 5.76. The lowest BCUT2D eigenvalue weighted by molar-refractivity contribution is -0.123. The summed E-state index contributed by atoms with van der Waals surface area (Å²) in [5.74, 6) is 0.162. The third-order valence-electron chi connectivity index (χ3n) is 2.87. The smallest absolute Gasteiger partial charge is 0.220 e. The zero-order valence-corrected chi connectivity index (χ0v) is 10.0. The second-order valence-electron chi connectivity index (χ2n) is 4.25. The lowest BCUT2D eigenvalue weighted by atomic mass is 9.97. The number of rotatable bonds is 7. The van der Waals surface area contributed by atoms with E-state index >= 15 is 0 Å². The minimum atomic E-state index is -0.762. The summed E-state index contributed by atoms with van der Waals surface area (Å²) in [6.45, 7) is 6.61. The van der Waals surface area contributed by atoms with Gasteiger partial charge in [0.1, 0.15) is 0 Å². The monoisotopic (exact) mass is 216 g/mol. The van der Waals surface area contributed by atoms with Crippen molar-refractivity contribution in [3.8, 4) is 0 Å². The molecule has 1 unspecified atom stereocenters. The molecule has 4 heteroatoms. The number of carbonyl (C=O) groups excluding carboxylic acids is 1. The average molecular weight is 216 g/mol. The summed E-state index contributed by atoms with van der Waals surface area (Å²) in [6.07, 6.45) is 1.73. The molecule has 4 N–H and O–H groups in total. The van der Waals surface area contributed by atoms with Gasteiger partial charge in [-0.05, 0) is 25.3 Å². The third kappa shape index (κ3) is 5.74. The van der Waals surface area contributed by atoms with Gasteiger partial charge in [0.2, 0.25) is 5.91 Å². The highest BCUT2D eigenvalue weighted by Gasteiger charge is 2.22. The summed E-state index contributed by atoms with van der Waals surface area (Å²) in [4.78, 5) is 11.4. The van der Waals surface area contributed by atoms with Crippen molar-refractivity contribution in [1.82, 2.24) is 5.32 Å². The van der Waals surface area contributed by atoms with Crippen LogP contribution in [0.5, 0.6) is 0 Å². The average Bonchev–Trinajstić information content (AvgIpc) is 2.25. The maximum absolute atomic E-state index is 11.4. The molecule has 0 heterocycles. The van der Waals surface area contributed by atoms with Gasteiger partial charge in [0, 0.05) is 13.0 Å². The maximum Gasteiger partial charge on any atom is 0.220 e. The second kappa shape index (κ2) is 6.80. The van der Waals surface area contributed by atoms with Crippen molar-refractivity contribution in [2.24, 2.45) is 11.7 Å². The molecule has 0 aliphatic rings. The standard InChI is InChI=1S/C11H24N2O2/c1-4-11(15,5-2)8-13-10(14)6-9(3)7-12/h9,15H,4-8,12H2,1-3H3,(H,13,14). The van der Waals surface area contributed by atoms with Crippen LogP contribution in [0.2, 0.25) is 0 Å². The molecule has 1 amide bonds. The summed E-state index contributed by atoms with van der Waals surface area (Å²) in [7, 11) is 0. The SMILES string of the molecule is CCC(O)(CC)CNC(=O)CC(C)CN. The third-order valence-corrected chi connectivity index (χ3v) is 2.87. The molecule has 0 saturated carbocycles. The van der Waals surface area contributed by atoms with Gasteiger partial charge in [0.25, 0.3) is 0 Å². The van der Waals surface area contributed by atoms with Crippen molar-refractivity contribution in [2.45, 2.75) is 45.6 Å². The van der Waals surface area contributed by atoms with Crippen LogP contribution in [-0.2, 0) is 4.79 Å². The number of nitrogens with one attached hydrogen (secondary N) is 1. The first kappa shape index (κ1) is 14.4. The Bertz CT molecular complexity index is 191. The van der Waals surface area contributed by atoms with Crippen molar-refractivity contribution >= 4 is 5.91 Å². The Balaban J connectivity index is 3.89. The van der Waals surface area contributed by atoms with Crippen molar-refractivity contribution in [3.63, 3.8) is 0 Å². The molecule has 0 bridgehead atoms. The summed E-state index contributed by atoms with van der Waals surface area (Å²) in [5, 5.41) is 12.7. The van der Waals surface area contributed by atoms with Gasteiger partial charge in [-0.1, -0.05) is 20.8 Å². The van der Waals surface area contributed by atoms with Gasteiger partial charge < -0.3 is 16.2 Å². The summed E-state index contributed by atoms with van der Waals surface area (Å²) in [6, 6.07) is 0. The molecule has 15 heavy (non-hydrogen) atoms. The molecule has 0 aromatic rings. The quantitative estimate of drug-likeness (QED) is 0.584. The Morgan fingerprint density at radius 1 is 1.47 bits per heavy atom. The summed E-state index contributed by atoms with van der Waals surface area (Å²) in [5.41, 5.74) is 4.66. The van der Waals surface area contributed by atoms with Crippen molar-refractivity contribution in [2.75, 3.05) is 13.1 Å². The Morgan fingerprint density at radius 3 is 2.40 bits per heavy atom. The number of hydrogen-bond acceptors (Lipinski definition) is 3. The van der Waals surface area contributed by atoms with Gasteiger partial charge in [-0.15, -0.1) is 0 Å². The van der Waals surface area contributed by atoms with Crippen LogP contribution in [0.1, 0.15) is 40.0 Å². The zero-order chi connectivity index (χ0) is 11.9. The fourth-order valence-corrected chi connectivity index (χ4v) is 1.24. The van der Waals surface area contributed by atoms with Crippen molar-refractivity contribution < 1.29 is 9.90 Å². The van der Waals surface area contributed by atoms with E-state index in [0.717, 1.165) is 0 Å². The summed E-state index contributed by atoms with van der Waals surface area (Å²) >= 11 is 0. The summed E-state index contributed by atoms with van der Waals surface area (Å²) < 4.78 is 0. The Hall–Kier alpha value is -0.610.